The molecular weight excluding hydrogens is 216 g/mol. The first-order chi connectivity index (χ1) is 7.64. The van der Waals surface area contributed by atoms with E-state index in [2.05, 4.69) is 23.1 Å². The lowest BCUT2D eigenvalue weighted by Gasteiger charge is -2.22. The van der Waals surface area contributed by atoms with E-state index in [1.165, 1.54) is 30.9 Å². The van der Waals surface area contributed by atoms with Gasteiger partial charge in [0, 0.05) is 0 Å². The van der Waals surface area contributed by atoms with Gasteiger partial charge < -0.3 is 5.32 Å². The number of rotatable bonds is 6. The van der Waals surface area contributed by atoms with Crippen LogP contribution in [0.4, 0.5) is 0 Å². The Labute approximate surface area is 104 Å². The molecule has 1 rings (SSSR count). The van der Waals surface area contributed by atoms with Crippen molar-refractivity contribution < 1.29 is 0 Å². The molecule has 1 aliphatic rings. The highest BCUT2D eigenvalue weighted by molar-refractivity contribution is 7.99. The molecule has 0 radical (unpaired) electrons. The maximum Gasteiger partial charge on any atom is 0.0683 e. The van der Waals surface area contributed by atoms with Gasteiger partial charge in [0.1, 0.15) is 0 Å². The Morgan fingerprint density at radius 1 is 1.38 bits per heavy atom. The van der Waals surface area contributed by atoms with Gasteiger partial charge in [-0.2, -0.15) is 17.0 Å². The van der Waals surface area contributed by atoms with Crippen molar-refractivity contribution in [1.82, 2.24) is 5.32 Å². The van der Waals surface area contributed by atoms with Crippen molar-refractivity contribution in [3.63, 3.8) is 0 Å². The SMILES string of the molecule is CC(C)(C#N)CCCNCC1CCSCC1. The quantitative estimate of drug-likeness (QED) is 0.725. The second kappa shape index (κ2) is 7.19. The zero-order chi connectivity index (χ0) is 11.9. The second-order valence-corrected chi connectivity index (χ2v) is 6.58. The molecule has 0 unspecified atom stereocenters. The van der Waals surface area contributed by atoms with E-state index in [1.807, 2.05) is 13.8 Å². The summed E-state index contributed by atoms with van der Waals surface area (Å²) in [6, 6.07) is 2.35. The Kier molecular flexibility index (Phi) is 6.23. The van der Waals surface area contributed by atoms with E-state index >= 15 is 0 Å². The van der Waals surface area contributed by atoms with Crippen molar-refractivity contribution in [2.24, 2.45) is 11.3 Å². The maximum atomic E-state index is 8.88. The third-order valence-electron chi connectivity index (χ3n) is 3.23. The van der Waals surface area contributed by atoms with Crippen LogP contribution < -0.4 is 5.32 Å². The molecular formula is C13H24N2S. The van der Waals surface area contributed by atoms with Gasteiger partial charge in [0.25, 0.3) is 0 Å². The molecule has 0 amide bonds. The molecule has 1 heterocycles. The molecule has 0 aromatic heterocycles. The van der Waals surface area contributed by atoms with Gasteiger partial charge in [0.05, 0.1) is 11.5 Å². The Bertz CT molecular complexity index is 227. The van der Waals surface area contributed by atoms with Crippen LogP contribution in [0.15, 0.2) is 0 Å². The van der Waals surface area contributed by atoms with E-state index in [9.17, 15) is 0 Å². The summed E-state index contributed by atoms with van der Waals surface area (Å²) in [6.45, 7) is 6.28. The average molecular weight is 240 g/mol. The topological polar surface area (TPSA) is 35.8 Å². The molecule has 0 atom stereocenters. The predicted octanol–water partition coefficient (Wildman–Crippen LogP) is 3.05. The summed E-state index contributed by atoms with van der Waals surface area (Å²) >= 11 is 2.08. The monoisotopic (exact) mass is 240 g/mol. The standard InChI is InChI=1S/C13H24N2S/c1-13(2,11-14)6-3-7-15-10-12-4-8-16-9-5-12/h12,15H,3-10H2,1-2H3. The molecule has 0 bridgehead atoms. The number of nitrogens with zero attached hydrogens (tertiary/aromatic N) is 1. The molecule has 1 fully saturated rings. The smallest absolute Gasteiger partial charge is 0.0683 e. The molecule has 92 valence electrons. The van der Waals surface area contributed by atoms with Crippen LogP contribution >= 0.6 is 11.8 Å². The zero-order valence-electron chi connectivity index (χ0n) is 10.6. The number of hydrogen-bond donors (Lipinski definition) is 1. The minimum Gasteiger partial charge on any atom is -0.316 e. The second-order valence-electron chi connectivity index (χ2n) is 5.36. The number of hydrogen-bond acceptors (Lipinski definition) is 3. The molecule has 0 aromatic rings. The molecule has 0 spiro atoms. The van der Waals surface area contributed by atoms with Gasteiger partial charge in [-0.3, -0.25) is 0 Å². The molecule has 0 saturated carbocycles. The summed E-state index contributed by atoms with van der Waals surface area (Å²) in [6.07, 6.45) is 4.86. The first kappa shape index (κ1) is 13.9. The van der Waals surface area contributed by atoms with Crippen molar-refractivity contribution in [1.29, 1.82) is 5.26 Å². The van der Waals surface area contributed by atoms with Crippen LogP contribution in [0.25, 0.3) is 0 Å². The molecule has 0 aromatic carbocycles. The summed E-state index contributed by atoms with van der Waals surface area (Å²) in [4.78, 5) is 0. The van der Waals surface area contributed by atoms with Crippen molar-refractivity contribution in [3.05, 3.63) is 0 Å². The summed E-state index contributed by atoms with van der Waals surface area (Å²) in [5.41, 5.74) is -0.150. The van der Waals surface area contributed by atoms with Gasteiger partial charge in [-0.15, -0.1) is 0 Å². The minimum absolute atomic E-state index is 0.150. The number of thioether (sulfide) groups is 1. The molecule has 1 aliphatic heterocycles. The number of nitriles is 1. The molecule has 2 nitrogen and oxygen atoms in total. The Morgan fingerprint density at radius 2 is 2.06 bits per heavy atom. The lowest BCUT2D eigenvalue weighted by molar-refractivity contribution is 0.404. The lowest BCUT2D eigenvalue weighted by atomic mass is 9.90. The zero-order valence-corrected chi connectivity index (χ0v) is 11.4. The maximum absolute atomic E-state index is 8.88. The van der Waals surface area contributed by atoms with E-state index in [0.29, 0.717) is 0 Å². The Morgan fingerprint density at radius 3 is 2.69 bits per heavy atom. The molecule has 1 N–H and O–H groups in total. The molecule has 0 aliphatic carbocycles. The van der Waals surface area contributed by atoms with Crippen molar-refractivity contribution in [2.75, 3.05) is 24.6 Å². The van der Waals surface area contributed by atoms with Crippen LogP contribution in [0.3, 0.4) is 0 Å². The fourth-order valence-electron chi connectivity index (χ4n) is 1.97. The fourth-order valence-corrected chi connectivity index (χ4v) is 3.17. The van der Waals surface area contributed by atoms with Crippen LogP contribution in [-0.4, -0.2) is 24.6 Å². The largest absolute Gasteiger partial charge is 0.316 e. The van der Waals surface area contributed by atoms with Gasteiger partial charge in [0.2, 0.25) is 0 Å². The molecule has 16 heavy (non-hydrogen) atoms. The van der Waals surface area contributed by atoms with Gasteiger partial charge in [-0.1, -0.05) is 0 Å². The fraction of sp³-hybridized carbons (Fsp3) is 0.923. The normalized spacial score (nSPS) is 18.3. The van der Waals surface area contributed by atoms with E-state index in [-0.39, 0.29) is 5.41 Å². The van der Waals surface area contributed by atoms with Crippen LogP contribution in [-0.2, 0) is 0 Å². The minimum atomic E-state index is -0.150. The predicted molar refractivity (Wildman–Crippen MR) is 71.5 cm³/mol. The van der Waals surface area contributed by atoms with Crippen LogP contribution in [0.2, 0.25) is 0 Å². The van der Waals surface area contributed by atoms with E-state index in [4.69, 9.17) is 5.26 Å². The van der Waals surface area contributed by atoms with E-state index in [1.54, 1.807) is 0 Å². The van der Waals surface area contributed by atoms with Crippen molar-refractivity contribution >= 4 is 11.8 Å². The number of nitrogens with one attached hydrogen (secondary N) is 1. The third-order valence-corrected chi connectivity index (χ3v) is 4.28. The Balaban J connectivity index is 1.97. The van der Waals surface area contributed by atoms with Gasteiger partial charge in [-0.05, 0) is 70.0 Å². The van der Waals surface area contributed by atoms with Gasteiger partial charge in [-0.25, -0.2) is 0 Å². The summed E-state index contributed by atoms with van der Waals surface area (Å²) in [5, 5.41) is 12.4. The van der Waals surface area contributed by atoms with Gasteiger partial charge >= 0.3 is 0 Å². The van der Waals surface area contributed by atoms with Crippen LogP contribution in [0, 0.1) is 22.7 Å². The first-order valence-electron chi connectivity index (χ1n) is 6.34. The molecule has 3 heteroatoms. The van der Waals surface area contributed by atoms with Crippen molar-refractivity contribution in [3.8, 4) is 6.07 Å². The molecule has 1 saturated heterocycles. The Hall–Kier alpha value is -0.200. The summed E-state index contributed by atoms with van der Waals surface area (Å²) in [5.74, 6) is 3.58. The van der Waals surface area contributed by atoms with Crippen molar-refractivity contribution in [2.45, 2.75) is 39.5 Å². The lowest BCUT2D eigenvalue weighted by Crippen LogP contribution is -2.27. The summed E-state index contributed by atoms with van der Waals surface area (Å²) in [7, 11) is 0. The van der Waals surface area contributed by atoms with Gasteiger partial charge in [0.15, 0.2) is 0 Å². The first-order valence-corrected chi connectivity index (χ1v) is 7.49. The third kappa shape index (κ3) is 5.77. The highest BCUT2D eigenvalue weighted by Gasteiger charge is 2.16. The van der Waals surface area contributed by atoms with E-state index in [0.717, 1.165) is 25.3 Å². The summed E-state index contributed by atoms with van der Waals surface area (Å²) < 4.78 is 0. The highest BCUT2D eigenvalue weighted by atomic mass is 32.2. The van der Waals surface area contributed by atoms with Crippen LogP contribution in [0.5, 0.6) is 0 Å². The average Bonchev–Trinajstić information content (AvgIpc) is 2.30. The highest BCUT2D eigenvalue weighted by Crippen LogP contribution is 2.22. The van der Waals surface area contributed by atoms with E-state index < -0.39 is 0 Å². The van der Waals surface area contributed by atoms with Crippen LogP contribution in [0.1, 0.15) is 39.5 Å².